The number of aliphatic hydroxyl groups excluding tert-OH is 1. The summed E-state index contributed by atoms with van der Waals surface area (Å²) in [4.78, 5) is 23.2. The Morgan fingerprint density at radius 1 is 1.50 bits per heavy atom. The quantitative estimate of drug-likeness (QED) is 0.780. The number of nitrogens with one attached hydrogen (secondary N) is 1. The maximum absolute atomic E-state index is 12.0. The fourth-order valence-electron chi connectivity index (χ4n) is 2.30. The molecule has 0 aromatic carbocycles. The van der Waals surface area contributed by atoms with Crippen LogP contribution in [0.1, 0.15) is 36.2 Å². The highest BCUT2D eigenvalue weighted by Gasteiger charge is 2.35. The van der Waals surface area contributed by atoms with Crippen LogP contribution in [0.2, 0.25) is 0 Å². The molecule has 18 heavy (non-hydrogen) atoms. The van der Waals surface area contributed by atoms with Crippen LogP contribution in [0.5, 0.6) is 0 Å². The Labute approximate surface area is 105 Å². The Morgan fingerprint density at radius 3 is 2.72 bits per heavy atom. The third-order valence-electron chi connectivity index (χ3n) is 3.44. The number of aryl methyl sites for hydroxylation is 1. The number of nitrogens with zero attached hydrogens (tertiary/aromatic N) is 2. The van der Waals surface area contributed by atoms with Crippen molar-refractivity contribution in [2.45, 2.75) is 31.2 Å². The smallest absolute Gasteiger partial charge is 0.272 e. The normalized spacial score (nSPS) is 17.7. The predicted octanol–water partition coefficient (Wildman–Crippen LogP) is -0.185. The summed E-state index contributed by atoms with van der Waals surface area (Å²) in [6, 6.07) is 2.71. The first-order valence-electron chi connectivity index (χ1n) is 6.04. The first kappa shape index (κ1) is 12.8. The highest BCUT2D eigenvalue weighted by molar-refractivity contribution is 5.92. The van der Waals surface area contributed by atoms with Crippen LogP contribution >= 0.6 is 0 Å². The van der Waals surface area contributed by atoms with Gasteiger partial charge in [0.25, 0.3) is 11.5 Å². The van der Waals surface area contributed by atoms with E-state index in [2.05, 4.69) is 10.4 Å². The van der Waals surface area contributed by atoms with E-state index in [-0.39, 0.29) is 23.8 Å². The topological polar surface area (TPSA) is 84.2 Å². The average molecular weight is 251 g/mol. The van der Waals surface area contributed by atoms with Crippen LogP contribution in [0.3, 0.4) is 0 Å². The molecule has 1 aliphatic rings. The Balaban J connectivity index is 2.16. The van der Waals surface area contributed by atoms with Crippen LogP contribution in [0.15, 0.2) is 16.9 Å². The number of rotatable bonds is 3. The zero-order chi connectivity index (χ0) is 13.2. The van der Waals surface area contributed by atoms with Crippen LogP contribution in [-0.2, 0) is 7.05 Å². The zero-order valence-corrected chi connectivity index (χ0v) is 10.3. The van der Waals surface area contributed by atoms with E-state index in [1.807, 2.05) is 0 Å². The lowest BCUT2D eigenvalue weighted by molar-refractivity contribution is 0.0831. The molecule has 6 nitrogen and oxygen atoms in total. The second-order valence-corrected chi connectivity index (χ2v) is 4.78. The number of amides is 1. The molecular formula is C12H17N3O3. The molecule has 0 saturated heterocycles. The second-order valence-electron chi connectivity index (χ2n) is 4.78. The van der Waals surface area contributed by atoms with Crippen molar-refractivity contribution in [2.75, 3.05) is 6.61 Å². The Bertz CT molecular complexity index is 504. The standard InChI is InChI=1S/C12H17N3O3/c1-15-10(17)5-4-9(14-15)11(18)13-12(8-16)6-2-3-7-12/h4-5,16H,2-3,6-8H2,1H3,(H,13,18). The van der Waals surface area contributed by atoms with Crippen LogP contribution < -0.4 is 10.9 Å². The van der Waals surface area contributed by atoms with Crippen LogP contribution in [0.4, 0.5) is 0 Å². The second kappa shape index (κ2) is 4.89. The van der Waals surface area contributed by atoms with Crippen molar-refractivity contribution in [1.82, 2.24) is 15.1 Å². The van der Waals surface area contributed by atoms with E-state index in [1.54, 1.807) is 0 Å². The Kier molecular flexibility index (Phi) is 3.47. The van der Waals surface area contributed by atoms with Gasteiger partial charge < -0.3 is 10.4 Å². The van der Waals surface area contributed by atoms with Gasteiger partial charge in [0.15, 0.2) is 0 Å². The molecule has 1 aromatic rings. The third-order valence-corrected chi connectivity index (χ3v) is 3.44. The van der Waals surface area contributed by atoms with E-state index in [9.17, 15) is 14.7 Å². The van der Waals surface area contributed by atoms with Gasteiger partial charge in [-0.2, -0.15) is 5.10 Å². The van der Waals surface area contributed by atoms with Crippen LogP contribution in [0.25, 0.3) is 0 Å². The number of hydrogen-bond acceptors (Lipinski definition) is 4. The molecule has 1 fully saturated rings. The van der Waals surface area contributed by atoms with Gasteiger partial charge in [0.1, 0.15) is 5.69 Å². The van der Waals surface area contributed by atoms with Crippen LogP contribution in [-0.4, -0.2) is 32.9 Å². The lowest BCUT2D eigenvalue weighted by Gasteiger charge is -2.27. The summed E-state index contributed by atoms with van der Waals surface area (Å²) < 4.78 is 1.12. The van der Waals surface area contributed by atoms with Gasteiger partial charge in [-0.1, -0.05) is 12.8 Å². The fourth-order valence-corrected chi connectivity index (χ4v) is 2.30. The van der Waals surface area contributed by atoms with Crippen molar-refractivity contribution < 1.29 is 9.90 Å². The summed E-state index contributed by atoms with van der Waals surface area (Å²) in [6.07, 6.45) is 3.56. The minimum Gasteiger partial charge on any atom is -0.394 e. The lowest BCUT2D eigenvalue weighted by atomic mass is 9.99. The van der Waals surface area contributed by atoms with Crippen LogP contribution in [0, 0.1) is 0 Å². The minimum atomic E-state index is -0.520. The maximum atomic E-state index is 12.0. The molecule has 1 saturated carbocycles. The molecule has 1 heterocycles. The van der Waals surface area contributed by atoms with Gasteiger partial charge in [0, 0.05) is 13.1 Å². The largest absolute Gasteiger partial charge is 0.394 e. The Morgan fingerprint density at radius 2 is 2.17 bits per heavy atom. The number of carbonyl (C=O) groups is 1. The summed E-state index contributed by atoms with van der Waals surface area (Å²) in [5, 5.41) is 16.1. The maximum Gasteiger partial charge on any atom is 0.272 e. The summed E-state index contributed by atoms with van der Waals surface area (Å²) in [5.74, 6) is -0.346. The highest BCUT2D eigenvalue weighted by atomic mass is 16.3. The molecule has 1 aromatic heterocycles. The summed E-state index contributed by atoms with van der Waals surface area (Å²) in [7, 11) is 1.50. The number of carbonyl (C=O) groups excluding carboxylic acids is 1. The molecule has 0 atom stereocenters. The number of aromatic nitrogens is 2. The molecule has 0 radical (unpaired) electrons. The number of hydrogen-bond donors (Lipinski definition) is 2. The van der Waals surface area contributed by atoms with Gasteiger partial charge in [-0.25, -0.2) is 4.68 Å². The molecule has 1 amide bonds. The molecule has 6 heteroatoms. The predicted molar refractivity (Wildman–Crippen MR) is 65.2 cm³/mol. The summed E-state index contributed by atoms with van der Waals surface area (Å²) in [6.45, 7) is -0.0650. The number of aliphatic hydroxyl groups is 1. The van der Waals surface area contributed by atoms with Gasteiger partial charge in [0.05, 0.1) is 12.1 Å². The van der Waals surface area contributed by atoms with Crippen molar-refractivity contribution in [2.24, 2.45) is 7.05 Å². The molecule has 2 rings (SSSR count). The Hall–Kier alpha value is -1.69. The average Bonchev–Trinajstić information content (AvgIpc) is 2.82. The van der Waals surface area contributed by atoms with E-state index < -0.39 is 5.54 Å². The SMILES string of the molecule is Cn1nc(C(=O)NC2(CO)CCCC2)ccc1=O. The third kappa shape index (κ3) is 2.43. The van der Waals surface area contributed by atoms with Gasteiger partial charge in [-0.3, -0.25) is 9.59 Å². The molecule has 0 unspecified atom stereocenters. The molecular weight excluding hydrogens is 234 g/mol. The first-order valence-corrected chi connectivity index (χ1v) is 6.04. The van der Waals surface area contributed by atoms with E-state index in [1.165, 1.54) is 19.2 Å². The van der Waals surface area contributed by atoms with Gasteiger partial charge in [-0.05, 0) is 18.9 Å². The van der Waals surface area contributed by atoms with E-state index in [4.69, 9.17) is 0 Å². The molecule has 1 aliphatic carbocycles. The zero-order valence-electron chi connectivity index (χ0n) is 10.3. The molecule has 98 valence electrons. The fraction of sp³-hybridized carbons (Fsp3) is 0.583. The highest BCUT2D eigenvalue weighted by Crippen LogP contribution is 2.29. The molecule has 0 bridgehead atoms. The first-order chi connectivity index (χ1) is 8.56. The van der Waals surface area contributed by atoms with E-state index in [0.717, 1.165) is 30.4 Å². The van der Waals surface area contributed by atoms with Gasteiger partial charge >= 0.3 is 0 Å². The van der Waals surface area contributed by atoms with Crippen molar-refractivity contribution in [3.05, 3.63) is 28.2 Å². The van der Waals surface area contributed by atoms with Gasteiger partial charge in [0.2, 0.25) is 0 Å². The van der Waals surface area contributed by atoms with Crippen molar-refractivity contribution in [1.29, 1.82) is 0 Å². The summed E-state index contributed by atoms with van der Waals surface area (Å²) >= 11 is 0. The van der Waals surface area contributed by atoms with Crippen molar-refractivity contribution >= 4 is 5.91 Å². The molecule has 0 spiro atoms. The molecule has 0 aliphatic heterocycles. The monoisotopic (exact) mass is 251 g/mol. The molecule has 2 N–H and O–H groups in total. The lowest BCUT2D eigenvalue weighted by Crippen LogP contribution is -2.49. The van der Waals surface area contributed by atoms with E-state index >= 15 is 0 Å². The van der Waals surface area contributed by atoms with Gasteiger partial charge in [-0.15, -0.1) is 0 Å². The minimum absolute atomic E-state index is 0.0650. The summed E-state index contributed by atoms with van der Waals surface area (Å²) in [5.41, 5.74) is -0.589. The van der Waals surface area contributed by atoms with Crippen molar-refractivity contribution in [3.63, 3.8) is 0 Å². The van der Waals surface area contributed by atoms with Crippen molar-refractivity contribution in [3.8, 4) is 0 Å². The van der Waals surface area contributed by atoms with E-state index in [0.29, 0.717) is 0 Å².